The first-order chi connectivity index (χ1) is 12.2. The van der Waals surface area contributed by atoms with Crippen LogP contribution in [-0.2, 0) is 4.79 Å². The molecule has 0 atom stereocenters. The van der Waals surface area contributed by atoms with Crippen LogP contribution >= 0.6 is 0 Å². The smallest absolute Gasteiger partial charge is 0.246 e. The Morgan fingerprint density at radius 2 is 1.64 bits per heavy atom. The van der Waals surface area contributed by atoms with Gasteiger partial charge in [-0.25, -0.2) is 4.39 Å². The van der Waals surface area contributed by atoms with Crippen LogP contribution in [0.15, 0.2) is 54.6 Å². The minimum absolute atomic E-state index is 0.00886. The number of rotatable bonds is 4. The second-order valence-electron chi connectivity index (χ2n) is 5.90. The number of hydrogen-bond acceptors (Lipinski definition) is 3. The molecular formula is C20H21FN2O2. The Hall–Kier alpha value is -2.82. The predicted molar refractivity (Wildman–Crippen MR) is 97.2 cm³/mol. The molecule has 1 heterocycles. The van der Waals surface area contributed by atoms with E-state index in [1.54, 1.807) is 25.3 Å². The van der Waals surface area contributed by atoms with Crippen molar-refractivity contribution in [1.29, 1.82) is 0 Å². The van der Waals surface area contributed by atoms with Crippen LogP contribution in [0.25, 0.3) is 6.08 Å². The molecule has 1 amide bonds. The number of amides is 1. The molecule has 0 unspecified atom stereocenters. The lowest BCUT2D eigenvalue weighted by Gasteiger charge is -2.35. The molecule has 2 aromatic carbocycles. The van der Waals surface area contributed by atoms with Crippen molar-refractivity contribution in [1.82, 2.24) is 4.90 Å². The summed E-state index contributed by atoms with van der Waals surface area (Å²) in [5.41, 5.74) is 1.95. The summed E-state index contributed by atoms with van der Waals surface area (Å²) >= 11 is 0. The summed E-state index contributed by atoms with van der Waals surface area (Å²) in [6.45, 7) is 2.80. The number of nitrogens with zero attached hydrogens (tertiary/aromatic N) is 2. The van der Waals surface area contributed by atoms with E-state index in [1.165, 1.54) is 12.1 Å². The van der Waals surface area contributed by atoms with Crippen LogP contribution in [0.5, 0.6) is 5.75 Å². The quantitative estimate of drug-likeness (QED) is 0.802. The molecule has 1 saturated heterocycles. The van der Waals surface area contributed by atoms with Crippen molar-refractivity contribution >= 4 is 17.7 Å². The third kappa shape index (κ3) is 4.38. The third-order valence-electron chi connectivity index (χ3n) is 4.32. The number of carbonyl (C=O) groups excluding carboxylic acids is 1. The number of ether oxygens (including phenoxy) is 1. The molecule has 0 bridgehead atoms. The third-order valence-corrected chi connectivity index (χ3v) is 4.32. The summed E-state index contributed by atoms with van der Waals surface area (Å²) in [6, 6.07) is 14.0. The van der Waals surface area contributed by atoms with Crippen LogP contribution < -0.4 is 9.64 Å². The van der Waals surface area contributed by atoms with Crippen molar-refractivity contribution in [3.8, 4) is 5.75 Å². The molecule has 1 aliphatic heterocycles. The lowest BCUT2D eigenvalue weighted by atomic mass is 10.2. The van der Waals surface area contributed by atoms with Gasteiger partial charge >= 0.3 is 0 Å². The Kier molecular flexibility index (Phi) is 5.33. The first kappa shape index (κ1) is 17.0. The van der Waals surface area contributed by atoms with Crippen LogP contribution in [0.2, 0.25) is 0 Å². The zero-order valence-electron chi connectivity index (χ0n) is 14.2. The van der Waals surface area contributed by atoms with Crippen molar-refractivity contribution in [2.75, 3.05) is 38.2 Å². The van der Waals surface area contributed by atoms with Crippen LogP contribution in [0.4, 0.5) is 10.1 Å². The van der Waals surface area contributed by atoms with Crippen LogP contribution in [0, 0.1) is 5.82 Å². The highest BCUT2D eigenvalue weighted by atomic mass is 19.1. The fourth-order valence-corrected chi connectivity index (χ4v) is 2.82. The highest BCUT2D eigenvalue weighted by Crippen LogP contribution is 2.17. The standard InChI is InChI=1S/C20H21FN2O2/c1-25-19-9-2-16(3-10-19)4-11-20(24)23-14-12-22(13-15-23)18-7-5-17(21)6-8-18/h2-11H,12-15H2,1H3/b11-4+. The molecule has 0 radical (unpaired) electrons. The maximum atomic E-state index is 13.0. The zero-order chi connectivity index (χ0) is 17.6. The average Bonchev–Trinajstić information content (AvgIpc) is 2.67. The maximum Gasteiger partial charge on any atom is 0.246 e. The van der Waals surface area contributed by atoms with E-state index in [9.17, 15) is 9.18 Å². The van der Waals surface area contributed by atoms with Gasteiger partial charge < -0.3 is 14.5 Å². The number of methoxy groups -OCH3 is 1. The predicted octanol–water partition coefficient (Wildman–Crippen LogP) is 3.20. The average molecular weight is 340 g/mol. The maximum absolute atomic E-state index is 13.0. The normalized spacial score (nSPS) is 14.8. The van der Waals surface area contributed by atoms with Gasteiger partial charge in [-0.15, -0.1) is 0 Å². The Labute approximate surface area is 147 Å². The van der Waals surface area contributed by atoms with Gasteiger partial charge in [0, 0.05) is 37.9 Å². The molecule has 1 aliphatic rings. The minimum atomic E-state index is -0.235. The van der Waals surface area contributed by atoms with Gasteiger partial charge in [0.1, 0.15) is 11.6 Å². The Bertz CT molecular complexity index is 733. The number of anilines is 1. The zero-order valence-corrected chi connectivity index (χ0v) is 14.2. The molecule has 0 saturated carbocycles. The van der Waals surface area contributed by atoms with E-state index in [0.29, 0.717) is 13.1 Å². The molecule has 130 valence electrons. The summed E-state index contributed by atoms with van der Waals surface area (Å²) in [6.07, 6.45) is 3.42. The molecule has 0 aromatic heterocycles. The second-order valence-corrected chi connectivity index (χ2v) is 5.90. The van der Waals surface area contributed by atoms with Crippen LogP contribution in [0.3, 0.4) is 0 Å². The summed E-state index contributed by atoms with van der Waals surface area (Å²) < 4.78 is 18.1. The van der Waals surface area contributed by atoms with Crippen molar-refractivity contribution in [2.24, 2.45) is 0 Å². The molecule has 5 heteroatoms. The minimum Gasteiger partial charge on any atom is -0.497 e. The van der Waals surface area contributed by atoms with E-state index in [0.717, 1.165) is 30.1 Å². The van der Waals surface area contributed by atoms with E-state index in [4.69, 9.17) is 4.74 Å². The lowest BCUT2D eigenvalue weighted by molar-refractivity contribution is -0.126. The summed E-state index contributed by atoms with van der Waals surface area (Å²) in [5.74, 6) is 0.566. The fraction of sp³-hybridized carbons (Fsp3) is 0.250. The summed E-state index contributed by atoms with van der Waals surface area (Å²) in [5, 5.41) is 0. The Morgan fingerprint density at radius 1 is 1.00 bits per heavy atom. The number of carbonyl (C=O) groups is 1. The molecule has 25 heavy (non-hydrogen) atoms. The number of hydrogen-bond donors (Lipinski definition) is 0. The van der Waals surface area contributed by atoms with Crippen molar-refractivity contribution in [2.45, 2.75) is 0 Å². The van der Waals surface area contributed by atoms with Crippen molar-refractivity contribution in [3.63, 3.8) is 0 Å². The number of piperazine rings is 1. The molecule has 1 fully saturated rings. The first-order valence-corrected chi connectivity index (χ1v) is 8.27. The fourth-order valence-electron chi connectivity index (χ4n) is 2.82. The molecule has 3 rings (SSSR count). The van der Waals surface area contributed by atoms with E-state index >= 15 is 0 Å². The highest BCUT2D eigenvalue weighted by Gasteiger charge is 2.19. The van der Waals surface area contributed by atoms with Gasteiger partial charge in [-0.05, 0) is 48.0 Å². The van der Waals surface area contributed by atoms with Crippen LogP contribution in [-0.4, -0.2) is 44.1 Å². The molecular weight excluding hydrogens is 319 g/mol. The topological polar surface area (TPSA) is 32.8 Å². The van der Waals surface area contributed by atoms with Gasteiger partial charge in [-0.2, -0.15) is 0 Å². The number of benzene rings is 2. The van der Waals surface area contributed by atoms with E-state index in [2.05, 4.69) is 4.90 Å². The van der Waals surface area contributed by atoms with E-state index < -0.39 is 0 Å². The number of halogens is 1. The Morgan fingerprint density at radius 3 is 2.24 bits per heavy atom. The van der Waals surface area contributed by atoms with Gasteiger partial charge in [0.15, 0.2) is 0 Å². The molecule has 0 aliphatic carbocycles. The molecule has 0 N–H and O–H groups in total. The van der Waals surface area contributed by atoms with Gasteiger partial charge in [0.05, 0.1) is 7.11 Å². The van der Waals surface area contributed by atoms with Gasteiger partial charge in [0.25, 0.3) is 0 Å². The van der Waals surface area contributed by atoms with Gasteiger partial charge in [-0.3, -0.25) is 4.79 Å². The SMILES string of the molecule is COc1ccc(/C=C/C(=O)N2CCN(c3ccc(F)cc3)CC2)cc1. The molecule has 0 spiro atoms. The molecule has 4 nitrogen and oxygen atoms in total. The van der Waals surface area contributed by atoms with Crippen molar-refractivity contribution in [3.05, 3.63) is 66.0 Å². The largest absolute Gasteiger partial charge is 0.497 e. The van der Waals surface area contributed by atoms with Gasteiger partial charge in [0.2, 0.25) is 5.91 Å². The highest BCUT2D eigenvalue weighted by molar-refractivity contribution is 5.92. The summed E-state index contributed by atoms with van der Waals surface area (Å²) in [4.78, 5) is 16.3. The van der Waals surface area contributed by atoms with Crippen molar-refractivity contribution < 1.29 is 13.9 Å². The van der Waals surface area contributed by atoms with E-state index in [-0.39, 0.29) is 11.7 Å². The van der Waals surface area contributed by atoms with Crippen LogP contribution in [0.1, 0.15) is 5.56 Å². The summed E-state index contributed by atoms with van der Waals surface area (Å²) in [7, 11) is 1.62. The van der Waals surface area contributed by atoms with Gasteiger partial charge in [-0.1, -0.05) is 12.1 Å². The molecule has 2 aromatic rings. The second kappa shape index (κ2) is 7.83. The monoisotopic (exact) mass is 340 g/mol. The van der Waals surface area contributed by atoms with E-state index in [1.807, 2.05) is 35.2 Å². The Balaban J connectivity index is 1.54. The lowest BCUT2D eigenvalue weighted by Crippen LogP contribution is -2.48. The first-order valence-electron chi connectivity index (χ1n) is 8.27.